The summed E-state index contributed by atoms with van der Waals surface area (Å²) in [5.41, 5.74) is 0.467. The second-order valence-corrected chi connectivity index (χ2v) is 7.09. The minimum absolute atomic E-state index is 0.101. The second kappa shape index (κ2) is 11.1. The molecule has 0 radical (unpaired) electrons. The number of ether oxygens (including phenoxy) is 4. The average molecular weight is 535 g/mol. The van der Waals surface area contributed by atoms with Crippen molar-refractivity contribution >= 4 is 34.7 Å². The molecule has 0 amide bonds. The van der Waals surface area contributed by atoms with Crippen LogP contribution in [0, 0.1) is 0 Å². The Morgan fingerprint density at radius 2 is 1.71 bits per heavy atom. The molecule has 1 atom stereocenters. The quantitative estimate of drug-likeness (QED) is 0.214. The van der Waals surface area contributed by atoms with Gasteiger partial charge in [0.15, 0.2) is 5.75 Å². The highest BCUT2D eigenvalue weighted by Gasteiger charge is 2.51. The maximum atomic E-state index is 13.7. The number of carboxylic acid groups (broad SMARTS) is 1. The molecule has 0 spiro atoms. The Balaban J connectivity index is 2.23. The first-order chi connectivity index (χ1) is 15.7. The Hall–Kier alpha value is -2.83. The minimum Gasteiger partial charge on any atom is -0.503 e. The number of halogens is 8. The van der Waals surface area contributed by atoms with Crippen molar-refractivity contribution in [3.63, 3.8) is 0 Å². The van der Waals surface area contributed by atoms with E-state index in [2.05, 4.69) is 9.47 Å². The third kappa shape index (κ3) is 7.34. The van der Waals surface area contributed by atoms with Gasteiger partial charge in [-0.3, -0.25) is 0 Å². The van der Waals surface area contributed by atoms with Crippen LogP contribution in [0.2, 0.25) is 10.0 Å². The van der Waals surface area contributed by atoms with Crippen molar-refractivity contribution in [1.82, 2.24) is 0 Å². The number of hydrogen-bond acceptors (Lipinski definition) is 5. The molecule has 0 aliphatic carbocycles. The first-order valence-electron chi connectivity index (χ1n) is 8.87. The van der Waals surface area contributed by atoms with Crippen molar-refractivity contribution < 1.29 is 55.2 Å². The molecule has 0 saturated heterocycles. The van der Waals surface area contributed by atoms with Crippen LogP contribution in [0.5, 0.6) is 11.5 Å². The van der Waals surface area contributed by atoms with E-state index in [1.165, 1.54) is 13.2 Å². The molecule has 0 bridgehead atoms. The van der Waals surface area contributed by atoms with Crippen molar-refractivity contribution in [1.29, 1.82) is 0 Å². The lowest BCUT2D eigenvalue weighted by Gasteiger charge is -2.23. The van der Waals surface area contributed by atoms with E-state index >= 15 is 0 Å². The lowest BCUT2D eigenvalue weighted by atomic mass is 10.0. The van der Waals surface area contributed by atoms with Gasteiger partial charge in [0, 0.05) is 12.1 Å². The Morgan fingerprint density at radius 1 is 1.12 bits per heavy atom. The molecule has 14 heteroatoms. The van der Waals surface area contributed by atoms with Crippen LogP contribution in [-0.4, -0.2) is 37.0 Å². The van der Waals surface area contributed by atoms with Gasteiger partial charge in [-0.05, 0) is 11.1 Å². The maximum absolute atomic E-state index is 13.7. The van der Waals surface area contributed by atoms with Gasteiger partial charge in [-0.15, -0.1) is 13.2 Å². The highest BCUT2D eigenvalue weighted by atomic mass is 35.5. The molecular weight excluding hydrogens is 521 g/mol. The van der Waals surface area contributed by atoms with Crippen LogP contribution >= 0.6 is 23.2 Å². The minimum atomic E-state index is -5.69. The Bertz CT molecular complexity index is 1040. The van der Waals surface area contributed by atoms with E-state index in [9.17, 15) is 36.2 Å². The number of hydrogen-bond donors (Lipinski definition) is 1. The first-order valence-corrected chi connectivity index (χ1v) is 9.62. The number of methoxy groups -OCH3 is 1. The zero-order valence-electron chi connectivity index (χ0n) is 16.8. The zero-order valence-corrected chi connectivity index (χ0v) is 18.3. The molecule has 2 rings (SSSR count). The molecule has 0 heterocycles. The summed E-state index contributed by atoms with van der Waals surface area (Å²) in [5, 5.41) is 8.09. The fraction of sp³-hybridized carbons (Fsp3) is 0.250. The number of benzene rings is 2. The van der Waals surface area contributed by atoms with Crippen LogP contribution in [0.15, 0.2) is 42.7 Å². The predicted molar refractivity (Wildman–Crippen MR) is 107 cm³/mol. The molecule has 1 unspecified atom stereocenters. The molecule has 0 aliphatic heterocycles. The Labute approximate surface area is 198 Å². The number of rotatable bonds is 10. The van der Waals surface area contributed by atoms with Gasteiger partial charge in [0.05, 0.1) is 23.4 Å². The molecule has 0 aromatic heterocycles. The number of carboxylic acids is 1. The van der Waals surface area contributed by atoms with E-state index in [0.29, 0.717) is 5.56 Å². The van der Waals surface area contributed by atoms with Gasteiger partial charge in [-0.1, -0.05) is 47.5 Å². The highest BCUT2D eigenvalue weighted by molar-refractivity contribution is 6.37. The lowest BCUT2D eigenvalue weighted by Crippen LogP contribution is -2.41. The summed E-state index contributed by atoms with van der Waals surface area (Å²) in [7, 11) is 1.26. The van der Waals surface area contributed by atoms with Crippen LogP contribution in [-0.2, 0) is 20.9 Å². The fourth-order valence-corrected chi connectivity index (χ4v) is 3.05. The molecule has 0 aliphatic rings. The summed E-state index contributed by atoms with van der Waals surface area (Å²) in [4.78, 5) is 11.5. The van der Waals surface area contributed by atoms with Gasteiger partial charge < -0.3 is 19.3 Å². The van der Waals surface area contributed by atoms with E-state index < -0.39 is 40.6 Å². The van der Waals surface area contributed by atoms with Crippen LogP contribution in [0.1, 0.15) is 11.1 Å². The largest absolute Gasteiger partial charge is 0.525 e. The molecule has 186 valence electrons. The van der Waals surface area contributed by atoms with E-state index in [1.807, 2.05) is 0 Å². The molecular formula is C20H14Cl2F6O6. The van der Waals surface area contributed by atoms with Gasteiger partial charge in [0.1, 0.15) is 17.9 Å². The number of aliphatic carboxylic acids is 1. The molecule has 6 nitrogen and oxygen atoms in total. The lowest BCUT2D eigenvalue weighted by molar-refractivity contribution is -0.411. The van der Waals surface area contributed by atoms with Crippen molar-refractivity contribution in [3.05, 3.63) is 63.8 Å². The summed E-state index contributed by atoms with van der Waals surface area (Å²) in [6.07, 6.45) is -14.0. The van der Waals surface area contributed by atoms with Crippen LogP contribution in [0.3, 0.4) is 0 Å². The van der Waals surface area contributed by atoms with E-state index in [0.717, 1.165) is 18.4 Å². The van der Waals surface area contributed by atoms with Gasteiger partial charge in [0.2, 0.25) is 0 Å². The molecule has 34 heavy (non-hydrogen) atoms. The zero-order chi connectivity index (χ0) is 25.7. The van der Waals surface area contributed by atoms with Gasteiger partial charge in [0.25, 0.3) is 0 Å². The molecule has 2 aromatic carbocycles. The predicted octanol–water partition coefficient (Wildman–Crippen LogP) is 6.45. The highest BCUT2D eigenvalue weighted by Crippen LogP contribution is 2.41. The normalized spacial score (nSPS) is 13.4. The van der Waals surface area contributed by atoms with E-state index in [1.54, 1.807) is 18.2 Å². The third-order valence-electron chi connectivity index (χ3n) is 3.88. The van der Waals surface area contributed by atoms with Crippen molar-refractivity contribution in [2.45, 2.75) is 25.4 Å². The van der Waals surface area contributed by atoms with Crippen LogP contribution in [0.25, 0.3) is 5.57 Å². The van der Waals surface area contributed by atoms with E-state index in [4.69, 9.17) is 32.7 Å². The Morgan fingerprint density at radius 3 is 2.24 bits per heavy atom. The maximum Gasteiger partial charge on any atom is 0.525 e. The summed E-state index contributed by atoms with van der Waals surface area (Å²) < 4.78 is 93.5. The van der Waals surface area contributed by atoms with Crippen LogP contribution < -0.4 is 9.47 Å². The monoisotopic (exact) mass is 534 g/mol. The fourth-order valence-electron chi connectivity index (χ4n) is 2.50. The summed E-state index contributed by atoms with van der Waals surface area (Å²) in [6, 6.07) is 8.08. The smallest absolute Gasteiger partial charge is 0.503 e. The van der Waals surface area contributed by atoms with E-state index in [-0.39, 0.29) is 23.5 Å². The molecule has 2 aromatic rings. The van der Waals surface area contributed by atoms with Crippen LogP contribution in [0.4, 0.5) is 26.3 Å². The van der Waals surface area contributed by atoms with Crippen molar-refractivity contribution in [2.24, 2.45) is 0 Å². The third-order valence-corrected chi connectivity index (χ3v) is 4.44. The van der Waals surface area contributed by atoms with Gasteiger partial charge in [-0.2, -0.15) is 8.78 Å². The molecule has 1 N–H and O–H groups in total. The molecule has 0 saturated carbocycles. The van der Waals surface area contributed by atoms with Crippen molar-refractivity contribution in [2.75, 3.05) is 7.11 Å². The second-order valence-electron chi connectivity index (χ2n) is 6.28. The number of alkyl halides is 6. The molecule has 0 fully saturated rings. The average Bonchev–Trinajstić information content (AvgIpc) is 2.72. The van der Waals surface area contributed by atoms with Crippen molar-refractivity contribution in [3.8, 4) is 11.5 Å². The summed E-state index contributed by atoms with van der Waals surface area (Å²) in [5.74, 6) is -2.40. The standard InChI is InChI=1S/C20H14Cl2F6O6/c1-31-9-13(17(29)30)12-5-3-2-4-10(12)8-32-11-6-14(21)16(15(22)7-11)33-19(24,25)18(23)34-20(26,27)28/h2-7,9,18H,8H2,1H3,(H,29,30)/b13-9+. The topological polar surface area (TPSA) is 74.2 Å². The first kappa shape index (κ1) is 27.4. The SMILES string of the molecule is CO/C=C(/C(=O)O)c1ccccc1COc1cc(Cl)c(OC(F)(F)C(F)OC(F)(F)F)c(Cl)c1. The van der Waals surface area contributed by atoms with Gasteiger partial charge in [-0.25, -0.2) is 13.9 Å². The summed E-state index contributed by atoms with van der Waals surface area (Å²) in [6.45, 7) is -0.237. The summed E-state index contributed by atoms with van der Waals surface area (Å²) >= 11 is 11.6. The van der Waals surface area contributed by atoms with Gasteiger partial charge >= 0.3 is 24.8 Å². The number of carbonyl (C=O) groups is 1. The Kier molecular flexibility index (Phi) is 8.92.